The first kappa shape index (κ1) is 12.4. The van der Waals surface area contributed by atoms with Crippen LogP contribution in [0.2, 0.25) is 0 Å². The van der Waals surface area contributed by atoms with E-state index in [1.54, 1.807) is 11.0 Å². The van der Waals surface area contributed by atoms with Crippen molar-refractivity contribution in [3.63, 3.8) is 0 Å². The molecule has 0 N–H and O–H groups in total. The molecule has 0 saturated carbocycles. The fourth-order valence-electron chi connectivity index (χ4n) is 1.88. The molecule has 2 rings (SSSR count). The maximum absolute atomic E-state index is 13.0. The molecule has 0 spiro atoms. The van der Waals surface area contributed by atoms with E-state index in [-0.39, 0.29) is 16.3 Å². The summed E-state index contributed by atoms with van der Waals surface area (Å²) in [4.78, 5) is 17.5. The lowest BCUT2D eigenvalue weighted by Crippen LogP contribution is -2.46. The number of halogens is 1. The molecule has 17 heavy (non-hydrogen) atoms. The molecule has 1 aromatic rings. The minimum absolute atomic E-state index is 0.0568. The number of hydrogen-bond donors (Lipinski definition) is 0. The van der Waals surface area contributed by atoms with Gasteiger partial charge in [0.25, 0.3) is 5.91 Å². The number of nitrogens with zero attached hydrogens (tertiary/aromatic N) is 2. The van der Waals surface area contributed by atoms with Crippen molar-refractivity contribution in [1.82, 2.24) is 9.88 Å². The zero-order valence-electron chi connectivity index (χ0n) is 9.94. The van der Waals surface area contributed by atoms with Crippen LogP contribution in [0, 0.1) is 5.95 Å². The van der Waals surface area contributed by atoms with E-state index in [1.807, 2.05) is 11.8 Å². The summed E-state index contributed by atoms with van der Waals surface area (Å²) >= 11 is 1.85. The van der Waals surface area contributed by atoms with E-state index in [0.29, 0.717) is 13.1 Å². The van der Waals surface area contributed by atoms with Crippen LogP contribution in [0.15, 0.2) is 18.2 Å². The van der Waals surface area contributed by atoms with Crippen molar-refractivity contribution in [2.45, 2.75) is 18.6 Å². The molecule has 0 aromatic carbocycles. The second kappa shape index (κ2) is 4.64. The van der Waals surface area contributed by atoms with Gasteiger partial charge in [-0.05, 0) is 26.0 Å². The molecule has 0 radical (unpaired) electrons. The monoisotopic (exact) mass is 254 g/mol. The summed E-state index contributed by atoms with van der Waals surface area (Å²) in [6.07, 6.45) is 0. The van der Waals surface area contributed by atoms with Crippen LogP contribution >= 0.6 is 11.8 Å². The van der Waals surface area contributed by atoms with E-state index in [2.05, 4.69) is 18.8 Å². The van der Waals surface area contributed by atoms with Crippen molar-refractivity contribution in [3.8, 4) is 0 Å². The van der Waals surface area contributed by atoms with E-state index < -0.39 is 5.95 Å². The Labute approximate surface area is 104 Å². The van der Waals surface area contributed by atoms with Crippen molar-refractivity contribution in [2.75, 3.05) is 18.8 Å². The van der Waals surface area contributed by atoms with Crippen molar-refractivity contribution in [2.24, 2.45) is 0 Å². The van der Waals surface area contributed by atoms with Crippen molar-refractivity contribution >= 4 is 17.7 Å². The lowest BCUT2D eigenvalue weighted by Gasteiger charge is -2.37. The second-order valence-corrected chi connectivity index (χ2v) is 6.48. The zero-order chi connectivity index (χ0) is 12.5. The summed E-state index contributed by atoms with van der Waals surface area (Å²) in [7, 11) is 0. The van der Waals surface area contributed by atoms with Gasteiger partial charge in [0.2, 0.25) is 5.95 Å². The van der Waals surface area contributed by atoms with E-state index in [4.69, 9.17) is 0 Å². The summed E-state index contributed by atoms with van der Waals surface area (Å²) in [6.45, 7) is 5.59. The number of pyridine rings is 1. The molecular formula is C12H15FN2OS. The molecule has 0 unspecified atom stereocenters. The minimum atomic E-state index is -0.610. The van der Waals surface area contributed by atoms with Gasteiger partial charge in [-0.25, -0.2) is 4.98 Å². The van der Waals surface area contributed by atoms with Crippen molar-refractivity contribution < 1.29 is 9.18 Å². The lowest BCUT2D eigenvalue weighted by molar-refractivity contribution is 0.0741. The number of aromatic nitrogens is 1. The van der Waals surface area contributed by atoms with Gasteiger partial charge in [-0.15, -0.1) is 0 Å². The van der Waals surface area contributed by atoms with Gasteiger partial charge in [-0.1, -0.05) is 6.07 Å². The first-order chi connectivity index (χ1) is 7.98. The summed E-state index contributed by atoms with van der Waals surface area (Å²) in [6, 6.07) is 4.31. The molecule has 1 amide bonds. The number of carbonyl (C=O) groups is 1. The normalized spacial score (nSPS) is 19.1. The van der Waals surface area contributed by atoms with Crippen LogP contribution in [0.3, 0.4) is 0 Å². The average Bonchev–Trinajstić information content (AvgIpc) is 2.26. The number of amides is 1. The Morgan fingerprint density at radius 3 is 2.94 bits per heavy atom. The summed E-state index contributed by atoms with van der Waals surface area (Å²) in [5.74, 6) is 0.119. The molecule has 3 nitrogen and oxygen atoms in total. The Kier molecular flexibility index (Phi) is 3.38. The molecule has 0 atom stereocenters. The molecule has 1 aromatic heterocycles. The first-order valence-corrected chi connectivity index (χ1v) is 6.52. The van der Waals surface area contributed by atoms with Gasteiger partial charge in [0, 0.05) is 23.6 Å². The molecule has 2 heterocycles. The van der Waals surface area contributed by atoms with Crippen LogP contribution in [0.1, 0.15) is 24.3 Å². The van der Waals surface area contributed by atoms with Gasteiger partial charge in [-0.3, -0.25) is 4.79 Å². The third-order valence-corrected chi connectivity index (χ3v) is 3.94. The predicted octanol–water partition coefficient (Wildman–Crippen LogP) is 2.19. The summed E-state index contributed by atoms with van der Waals surface area (Å²) < 4.78 is 13.0. The highest BCUT2D eigenvalue weighted by molar-refractivity contribution is 8.00. The zero-order valence-corrected chi connectivity index (χ0v) is 10.8. The number of carbonyl (C=O) groups excluding carboxylic acids is 1. The van der Waals surface area contributed by atoms with Gasteiger partial charge in [0.1, 0.15) is 5.69 Å². The Hall–Kier alpha value is -1.10. The van der Waals surface area contributed by atoms with E-state index in [0.717, 1.165) is 5.75 Å². The quantitative estimate of drug-likeness (QED) is 0.720. The minimum Gasteiger partial charge on any atom is -0.335 e. The van der Waals surface area contributed by atoms with Gasteiger partial charge < -0.3 is 4.90 Å². The van der Waals surface area contributed by atoms with Crippen LogP contribution < -0.4 is 0 Å². The fourth-order valence-corrected chi connectivity index (χ4v) is 2.99. The largest absolute Gasteiger partial charge is 0.335 e. The average molecular weight is 254 g/mol. The highest BCUT2D eigenvalue weighted by Gasteiger charge is 2.30. The highest BCUT2D eigenvalue weighted by atomic mass is 32.2. The first-order valence-electron chi connectivity index (χ1n) is 5.54. The van der Waals surface area contributed by atoms with E-state index >= 15 is 0 Å². The Morgan fingerprint density at radius 1 is 1.53 bits per heavy atom. The molecule has 0 bridgehead atoms. The lowest BCUT2D eigenvalue weighted by atomic mass is 10.1. The highest BCUT2D eigenvalue weighted by Crippen LogP contribution is 2.29. The van der Waals surface area contributed by atoms with Crippen LogP contribution in [0.5, 0.6) is 0 Å². The van der Waals surface area contributed by atoms with Crippen LogP contribution in [-0.2, 0) is 0 Å². The van der Waals surface area contributed by atoms with E-state index in [9.17, 15) is 9.18 Å². The Morgan fingerprint density at radius 2 is 2.29 bits per heavy atom. The van der Waals surface area contributed by atoms with Crippen LogP contribution in [-0.4, -0.2) is 39.4 Å². The van der Waals surface area contributed by atoms with Gasteiger partial charge in [0.15, 0.2) is 0 Å². The van der Waals surface area contributed by atoms with Gasteiger partial charge in [0.05, 0.1) is 0 Å². The van der Waals surface area contributed by atoms with Crippen molar-refractivity contribution in [3.05, 3.63) is 29.8 Å². The Balaban J connectivity index is 2.15. The molecular weight excluding hydrogens is 239 g/mol. The molecule has 1 aliphatic rings. The topological polar surface area (TPSA) is 33.2 Å². The summed E-state index contributed by atoms with van der Waals surface area (Å²) in [5, 5.41) is 0. The number of thioether (sulfide) groups is 1. The Bertz CT molecular complexity index is 436. The maximum atomic E-state index is 13.0. The van der Waals surface area contributed by atoms with Gasteiger partial charge in [-0.2, -0.15) is 16.2 Å². The van der Waals surface area contributed by atoms with Crippen LogP contribution in [0.4, 0.5) is 4.39 Å². The van der Waals surface area contributed by atoms with E-state index in [1.165, 1.54) is 12.1 Å². The fraction of sp³-hybridized carbons (Fsp3) is 0.500. The predicted molar refractivity (Wildman–Crippen MR) is 66.6 cm³/mol. The SMILES string of the molecule is CC1(C)CN(C(=O)c2cccc(F)n2)CCS1. The van der Waals surface area contributed by atoms with Crippen molar-refractivity contribution in [1.29, 1.82) is 0 Å². The maximum Gasteiger partial charge on any atom is 0.272 e. The smallest absolute Gasteiger partial charge is 0.272 e. The molecule has 92 valence electrons. The second-order valence-electron chi connectivity index (χ2n) is 4.68. The summed E-state index contributed by atoms with van der Waals surface area (Å²) in [5.41, 5.74) is 0.188. The molecule has 0 aliphatic carbocycles. The van der Waals surface area contributed by atoms with Gasteiger partial charge >= 0.3 is 0 Å². The molecule has 5 heteroatoms. The third-order valence-electron chi connectivity index (χ3n) is 2.65. The molecule has 1 fully saturated rings. The number of rotatable bonds is 1. The molecule has 1 aliphatic heterocycles. The molecule has 1 saturated heterocycles. The number of hydrogen-bond acceptors (Lipinski definition) is 3. The standard InChI is InChI=1S/C12H15FN2OS/c1-12(2)8-15(6-7-17-12)11(16)9-4-3-5-10(13)14-9/h3-5H,6-8H2,1-2H3. The van der Waals surface area contributed by atoms with Crippen LogP contribution in [0.25, 0.3) is 0 Å². The third kappa shape index (κ3) is 2.97.